The van der Waals surface area contributed by atoms with E-state index in [2.05, 4.69) is 20.6 Å². The first-order chi connectivity index (χ1) is 11.4. The summed E-state index contributed by atoms with van der Waals surface area (Å²) >= 11 is 1.66. The van der Waals surface area contributed by atoms with Gasteiger partial charge in [-0.25, -0.2) is 13.4 Å². The quantitative estimate of drug-likeness (QED) is 0.601. The van der Waals surface area contributed by atoms with Crippen molar-refractivity contribution in [3.05, 3.63) is 45.9 Å². The zero-order valence-electron chi connectivity index (χ0n) is 14.0. The molecule has 0 saturated carbocycles. The number of guanidine groups is 1. The van der Waals surface area contributed by atoms with E-state index in [1.165, 1.54) is 6.26 Å². The molecule has 0 fully saturated rings. The minimum absolute atomic E-state index is 0.344. The zero-order chi connectivity index (χ0) is 17.6. The Bertz CT molecular complexity index is 796. The molecule has 0 amide bonds. The van der Waals surface area contributed by atoms with Gasteiger partial charge >= 0.3 is 0 Å². The Labute approximate surface area is 147 Å². The number of rotatable bonds is 6. The molecule has 0 radical (unpaired) electrons. The predicted molar refractivity (Wildman–Crippen MR) is 98.3 cm³/mol. The van der Waals surface area contributed by atoms with Crippen molar-refractivity contribution in [3.63, 3.8) is 0 Å². The van der Waals surface area contributed by atoms with Crippen molar-refractivity contribution in [2.45, 2.75) is 24.8 Å². The minimum atomic E-state index is -3.14. The highest BCUT2D eigenvalue weighted by Crippen LogP contribution is 2.11. The summed E-state index contributed by atoms with van der Waals surface area (Å²) in [5.74, 6) is 0.730. The van der Waals surface area contributed by atoms with Crippen LogP contribution in [0, 0.1) is 6.92 Å². The van der Waals surface area contributed by atoms with Crippen LogP contribution in [0.25, 0.3) is 0 Å². The van der Waals surface area contributed by atoms with E-state index in [0.717, 1.165) is 27.8 Å². The van der Waals surface area contributed by atoms with Crippen LogP contribution in [0.2, 0.25) is 0 Å². The summed E-state index contributed by atoms with van der Waals surface area (Å²) in [7, 11) is -1.41. The van der Waals surface area contributed by atoms with Gasteiger partial charge in [-0.1, -0.05) is 12.1 Å². The average molecular weight is 367 g/mol. The van der Waals surface area contributed by atoms with Gasteiger partial charge < -0.3 is 10.6 Å². The van der Waals surface area contributed by atoms with E-state index in [4.69, 9.17) is 0 Å². The second-order valence-corrected chi connectivity index (χ2v) is 8.70. The summed E-state index contributed by atoms with van der Waals surface area (Å²) < 4.78 is 22.9. The van der Waals surface area contributed by atoms with Crippen LogP contribution >= 0.6 is 11.3 Å². The maximum Gasteiger partial charge on any atom is 0.191 e. The number of thiazole rings is 1. The number of aliphatic imine (C=N–C) groups is 1. The van der Waals surface area contributed by atoms with Crippen molar-refractivity contribution >= 4 is 27.1 Å². The highest BCUT2D eigenvalue weighted by molar-refractivity contribution is 7.90. The Hall–Kier alpha value is -1.93. The lowest BCUT2D eigenvalue weighted by Gasteiger charge is -2.11. The molecular formula is C16H22N4O2S2. The third-order valence-electron chi connectivity index (χ3n) is 3.38. The fourth-order valence-corrected chi connectivity index (χ4v) is 3.47. The lowest BCUT2D eigenvalue weighted by molar-refractivity contribution is 0.602. The van der Waals surface area contributed by atoms with E-state index >= 15 is 0 Å². The number of hydrogen-bond donors (Lipinski definition) is 2. The molecule has 1 aromatic heterocycles. The molecular weight excluding hydrogens is 344 g/mol. The standard InChI is InChI=1S/C16H22N4O2S2/c1-12-19-10-14(23-12)11-20-16(17-2)18-9-8-13-4-6-15(7-5-13)24(3,21)22/h4-7,10H,8-9,11H2,1-3H3,(H2,17,18,20). The molecule has 2 aromatic rings. The van der Waals surface area contributed by atoms with Crippen LogP contribution in [-0.4, -0.2) is 39.2 Å². The Morgan fingerprint density at radius 2 is 1.96 bits per heavy atom. The van der Waals surface area contributed by atoms with Crippen LogP contribution in [0.1, 0.15) is 15.4 Å². The van der Waals surface area contributed by atoms with E-state index in [1.54, 1.807) is 30.5 Å². The maximum atomic E-state index is 11.4. The summed E-state index contributed by atoms with van der Waals surface area (Å²) in [5.41, 5.74) is 1.07. The van der Waals surface area contributed by atoms with E-state index in [1.807, 2.05) is 25.3 Å². The van der Waals surface area contributed by atoms with Crippen molar-refractivity contribution in [2.24, 2.45) is 4.99 Å². The van der Waals surface area contributed by atoms with Crippen molar-refractivity contribution in [2.75, 3.05) is 19.8 Å². The lowest BCUT2D eigenvalue weighted by Crippen LogP contribution is -2.37. The molecule has 6 nitrogen and oxygen atoms in total. The molecule has 1 heterocycles. The second kappa shape index (κ2) is 8.25. The van der Waals surface area contributed by atoms with E-state index in [0.29, 0.717) is 18.0 Å². The fraction of sp³-hybridized carbons (Fsp3) is 0.375. The maximum absolute atomic E-state index is 11.4. The zero-order valence-corrected chi connectivity index (χ0v) is 15.7. The number of aromatic nitrogens is 1. The first kappa shape index (κ1) is 18.4. The Morgan fingerprint density at radius 1 is 1.25 bits per heavy atom. The van der Waals surface area contributed by atoms with Gasteiger partial charge in [0, 0.05) is 30.9 Å². The first-order valence-corrected chi connectivity index (χ1v) is 10.2. The van der Waals surface area contributed by atoms with Gasteiger partial charge in [-0.15, -0.1) is 11.3 Å². The molecule has 2 rings (SSSR count). The third kappa shape index (κ3) is 5.61. The molecule has 2 N–H and O–H groups in total. The normalized spacial score (nSPS) is 12.2. The second-order valence-electron chi connectivity index (χ2n) is 5.36. The molecule has 0 aliphatic carbocycles. The van der Waals surface area contributed by atoms with E-state index in [9.17, 15) is 8.42 Å². The van der Waals surface area contributed by atoms with Crippen molar-refractivity contribution in [3.8, 4) is 0 Å². The van der Waals surface area contributed by atoms with Gasteiger partial charge in [0.2, 0.25) is 0 Å². The van der Waals surface area contributed by atoms with Crippen molar-refractivity contribution in [1.82, 2.24) is 15.6 Å². The molecule has 0 bridgehead atoms. The van der Waals surface area contributed by atoms with Crippen molar-refractivity contribution < 1.29 is 8.42 Å². The van der Waals surface area contributed by atoms with Gasteiger partial charge in [-0.3, -0.25) is 4.99 Å². The number of nitrogens with zero attached hydrogens (tertiary/aromatic N) is 2. The first-order valence-electron chi connectivity index (χ1n) is 7.53. The fourth-order valence-electron chi connectivity index (χ4n) is 2.11. The highest BCUT2D eigenvalue weighted by Gasteiger charge is 2.06. The largest absolute Gasteiger partial charge is 0.356 e. The third-order valence-corrected chi connectivity index (χ3v) is 5.42. The average Bonchev–Trinajstić information content (AvgIpc) is 2.96. The Kier molecular flexibility index (Phi) is 6.33. The van der Waals surface area contributed by atoms with E-state index in [-0.39, 0.29) is 0 Å². The summed E-state index contributed by atoms with van der Waals surface area (Å²) in [6, 6.07) is 6.97. The van der Waals surface area contributed by atoms with E-state index < -0.39 is 9.84 Å². The van der Waals surface area contributed by atoms with Crippen molar-refractivity contribution in [1.29, 1.82) is 0 Å². The Balaban J connectivity index is 1.79. The van der Waals surface area contributed by atoms with Gasteiger partial charge in [0.25, 0.3) is 0 Å². The van der Waals surface area contributed by atoms with Crippen LogP contribution in [0.15, 0.2) is 40.4 Å². The molecule has 0 aliphatic rings. The van der Waals surface area contributed by atoms with Crippen LogP contribution < -0.4 is 10.6 Å². The SMILES string of the molecule is CN=C(NCCc1ccc(S(C)(=O)=O)cc1)NCc1cnc(C)s1. The summed E-state index contributed by atoms with van der Waals surface area (Å²) in [5, 5.41) is 7.54. The van der Waals surface area contributed by atoms with Crippen LogP contribution in [0.3, 0.4) is 0 Å². The molecule has 0 unspecified atom stereocenters. The predicted octanol–water partition coefficient (Wildman–Crippen LogP) is 1.76. The molecule has 0 saturated heterocycles. The molecule has 1 aromatic carbocycles. The number of aryl methyl sites for hydroxylation is 1. The Morgan fingerprint density at radius 3 is 2.50 bits per heavy atom. The number of benzene rings is 1. The van der Waals surface area contributed by atoms with Crippen LogP contribution in [0.5, 0.6) is 0 Å². The number of sulfone groups is 1. The summed E-state index contributed by atoms with van der Waals surface area (Å²) in [6.07, 6.45) is 3.86. The lowest BCUT2D eigenvalue weighted by atomic mass is 10.1. The molecule has 24 heavy (non-hydrogen) atoms. The molecule has 8 heteroatoms. The highest BCUT2D eigenvalue weighted by atomic mass is 32.2. The van der Waals surface area contributed by atoms with Gasteiger partial charge in [0.15, 0.2) is 15.8 Å². The van der Waals surface area contributed by atoms with Gasteiger partial charge in [0.05, 0.1) is 16.4 Å². The van der Waals surface area contributed by atoms with Gasteiger partial charge in [-0.2, -0.15) is 0 Å². The summed E-state index contributed by atoms with van der Waals surface area (Å²) in [6.45, 7) is 3.38. The number of nitrogens with one attached hydrogen (secondary N) is 2. The molecule has 0 aliphatic heterocycles. The molecule has 0 atom stereocenters. The van der Waals surface area contributed by atoms with Gasteiger partial charge in [0.1, 0.15) is 0 Å². The van der Waals surface area contributed by atoms with Crippen LogP contribution in [-0.2, 0) is 22.8 Å². The number of hydrogen-bond acceptors (Lipinski definition) is 5. The topological polar surface area (TPSA) is 83.5 Å². The minimum Gasteiger partial charge on any atom is -0.356 e. The van der Waals surface area contributed by atoms with Crippen LogP contribution in [0.4, 0.5) is 0 Å². The summed E-state index contributed by atoms with van der Waals surface area (Å²) in [4.78, 5) is 9.91. The molecule has 0 spiro atoms. The smallest absolute Gasteiger partial charge is 0.191 e. The molecule has 130 valence electrons. The monoisotopic (exact) mass is 366 g/mol. The van der Waals surface area contributed by atoms with Gasteiger partial charge in [-0.05, 0) is 31.0 Å².